The fourth-order valence-corrected chi connectivity index (χ4v) is 1.90. The number of H-pyrrole nitrogens is 1. The summed E-state index contributed by atoms with van der Waals surface area (Å²) in [6, 6.07) is 10.3. The molecule has 1 aromatic carbocycles. The molecule has 0 atom stereocenters. The third kappa shape index (κ3) is 4.17. The second kappa shape index (κ2) is 7.38. The van der Waals surface area contributed by atoms with Crippen molar-refractivity contribution in [1.82, 2.24) is 4.98 Å². The summed E-state index contributed by atoms with van der Waals surface area (Å²) in [7, 11) is 0. The highest BCUT2D eigenvalue weighted by molar-refractivity contribution is 6.06. The Morgan fingerprint density at radius 3 is 2.86 bits per heavy atom. The first kappa shape index (κ1) is 15.7. The largest absolute Gasteiger partial charge is 0.491 e. The number of ketones is 1. The van der Waals surface area contributed by atoms with Gasteiger partial charge in [-0.15, -0.1) is 0 Å². The van der Waals surface area contributed by atoms with E-state index in [0.717, 1.165) is 5.56 Å². The number of aliphatic hydroxyl groups is 1. The highest BCUT2D eigenvalue weighted by Gasteiger charge is 2.06. The van der Waals surface area contributed by atoms with E-state index >= 15 is 0 Å². The van der Waals surface area contributed by atoms with Crippen LogP contribution in [0.4, 0.5) is 0 Å². The topological polar surface area (TPSA) is 79.4 Å². The van der Waals surface area contributed by atoms with Crippen molar-refractivity contribution >= 4 is 11.9 Å². The maximum Gasteiger partial charge on any atom is 0.259 e. The van der Waals surface area contributed by atoms with Gasteiger partial charge in [0.2, 0.25) is 0 Å². The molecule has 5 heteroatoms. The number of aryl methyl sites for hydroxylation is 1. The Morgan fingerprint density at radius 2 is 2.14 bits per heavy atom. The summed E-state index contributed by atoms with van der Waals surface area (Å²) in [4.78, 5) is 26.3. The summed E-state index contributed by atoms with van der Waals surface area (Å²) in [6.07, 6.45) is 2.97. The van der Waals surface area contributed by atoms with E-state index in [4.69, 9.17) is 9.84 Å². The van der Waals surface area contributed by atoms with Crippen LogP contribution in [0, 0.1) is 6.92 Å². The molecule has 5 nitrogen and oxygen atoms in total. The average Bonchev–Trinajstić information content (AvgIpc) is 2.51. The number of hydrogen-bond acceptors (Lipinski definition) is 4. The van der Waals surface area contributed by atoms with Crippen LogP contribution in [0.1, 0.15) is 21.6 Å². The molecular weight excluding hydrogens is 282 g/mol. The van der Waals surface area contributed by atoms with E-state index < -0.39 is 5.56 Å². The van der Waals surface area contributed by atoms with Crippen molar-refractivity contribution in [3.05, 3.63) is 69.6 Å². The second-order valence-electron chi connectivity index (χ2n) is 4.73. The predicted octanol–water partition coefficient (Wildman–Crippen LogP) is 1.95. The van der Waals surface area contributed by atoms with Crippen LogP contribution in [0.5, 0.6) is 5.75 Å². The number of aliphatic hydroxyl groups excluding tert-OH is 1. The summed E-state index contributed by atoms with van der Waals surface area (Å²) in [5.41, 5.74) is 1.19. The zero-order valence-corrected chi connectivity index (χ0v) is 12.2. The molecule has 2 aromatic rings. The monoisotopic (exact) mass is 299 g/mol. The van der Waals surface area contributed by atoms with Crippen LogP contribution in [-0.2, 0) is 0 Å². The molecular formula is C17H17NO4. The molecule has 2 N–H and O–H groups in total. The van der Waals surface area contributed by atoms with Gasteiger partial charge < -0.3 is 14.8 Å². The molecule has 1 aromatic heterocycles. The van der Waals surface area contributed by atoms with Gasteiger partial charge in [-0.1, -0.05) is 18.2 Å². The van der Waals surface area contributed by atoms with Gasteiger partial charge in [-0.05, 0) is 42.8 Å². The van der Waals surface area contributed by atoms with E-state index in [-0.39, 0.29) is 24.6 Å². The van der Waals surface area contributed by atoms with Crippen molar-refractivity contribution in [2.45, 2.75) is 6.92 Å². The lowest BCUT2D eigenvalue weighted by Gasteiger charge is -2.04. The summed E-state index contributed by atoms with van der Waals surface area (Å²) >= 11 is 0. The van der Waals surface area contributed by atoms with Crippen molar-refractivity contribution in [3.63, 3.8) is 0 Å². The summed E-state index contributed by atoms with van der Waals surface area (Å²) in [5, 5.41) is 8.73. The molecule has 0 aliphatic heterocycles. The number of benzene rings is 1. The maximum atomic E-state index is 12.0. The summed E-state index contributed by atoms with van der Waals surface area (Å²) < 4.78 is 5.30. The lowest BCUT2D eigenvalue weighted by Crippen LogP contribution is -2.16. The van der Waals surface area contributed by atoms with Crippen molar-refractivity contribution in [3.8, 4) is 5.75 Å². The van der Waals surface area contributed by atoms with Gasteiger partial charge in [0.1, 0.15) is 12.4 Å². The highest BCUT2D eigenvalue weighted by Crippen LogP contribution is 2.14. The first-order valence-corrected chi connectivity index (χ1v) is 6.86. The normalized spacial score (nSPS) is 10.8. The number of aromatic amines is 1. The molecule has 0 unspecified atom stereocenters. The number of nitrogens with one attached hydrogen (secondary N) is 1. The Balaban J connectivity index is 2.14. The van der Waals surface area contributed by atoms with Crippen LogP contribution in [0.25, 0.3) is 6.08 Å². The molecule has 1 heterocycles. The third-order valence-corrected chi connectivity index (χ3v) is 2.97. The fraction of sp³-hybridized carbons (Fsp3) is 0.176. The van der Waals surface area contributed by atoms with Gasteiger partial charge in [-0.25, -0.2) is 0 Å². The number of rotatable bonds is 6. The Morgan fingerprint density at radius 1 is 1.32 bits per heavy atom. The lowest BCUT2D eigenvalue weighted by molar-refractivity contribution is 0.104. The summed E-state index contributed by atoms with van der Waals surface area (Å²) in [6.45, 7) is 1.91. The second-order valence-corrected chi connectivity index (χ2v) is 4.73. The van der Waals surface area contributed by atoms with Crippen molar-refractivity contribution in [1.29, 1.82) is 0 Å². The molecule has 0 saturated heterocycles. The molecule has 114 valence electrons. The molecule has 0 bridgehead atoms. The number of ether oxygens (including phenoxy) is 1. The average molecular weight is 299 g/mol. The van der Waals surface area contributed by atoms with E-state index in [2.05, 4.69) is 4.98 Å². The molecule has 0 aliphatic rings. The Kier molecular flexibility index (Phi) is 5.27. The van der Waals surface area contributed by atoms with Crippen molar-refractivity contribution < 1.29 is 14.6 Å². The first-order valence-electron chi connectivity index (χ1n) is 6.86. The highest BCUT2D eigenvalue weighted by atomic mass is 16.5. The van der Waals surface area contributed by atoms with Crippen molar-refractivity contribution in [2.75, 3.05) is 13.2 Å². The van der Waals surface area contributed by atoms with Crippen LogP contribution >= 0.6 is 0 Å². The van der Waals surface area contributed by atoms with E-state index in [1.807, 2.05) is 6.07 Å². The van der Waals surface area contributed by atoms with Crippen LogP contribution in [0.15, 0.2) is 47.3 Å². The smallest absolute Gasteiger partial charge is 0.259 e. The number of carbonyl (C=O) groups excluding carboxylic acids is 1. The lowest BCUT2D eigenvalue weighted by atomic mass is 10.1. The molecule has 0 fully saturated rings. The van der Waals surface area contributed by atoms with E-state index in [9.17, 15) is 9.59 Å². The van der Waals surface area contributed by atoms with Crippen molar-refractivity contribution in [2.24, 2.45) is 0 Å². The fourth-order valence-electron chi connectivity index (χ4n) is 1.90. The van der Waals surface area contributed by atoms with Gasteiger partial charge in [0.05, 0.1) is 12.2 Å². The van der Waals surface area contributed by atoms with Gasteiger partial charge in [-0.2, -0.15) is 0 Å². The number of allylic oxidation sites excluding steroid dienone is 1. The van der Waals surface area contributed by atoms with Crippen LogP contribution in [-0.4, -0.2) is 29.1 Å². The summed E-state index contributed by atoms with van der Waals surface area (Å²) in [5.74, 6) is 0.250. The molecule has 0 amide bonds. The van der Waals surface area contributed by atoms with E-state index in [0.29, 0.717) is 11.4 Å². The van der Waals surface area contributed by atoms with Crippen LogP contribution < -0.4 is 10.3 Å². The standard InChI is InChI=1S/C17H17NO4/c1-12-5-7-15(17(21)18-12)16(20)8-6-13-3-2-4-14(11-13)22-10-9-19/h2-8,11,19H,9-10H2,1H3,(H,18,21). The van der Waals surface area contributed by atoms with Gasteiger partial charge in [0.25, 0.3) is 5.56 Å². The number of carbonyl (C=O) groups is 1. The number of hydrogen-bond donors (Lipinski definition) is 2. The van der Waals surface area contributed by atoms with Gasteiger partial charge >= 0.3 is 0 Å². The Hall–Kier alpha value is -2.66. The van der Waals surface area contributed by atoms with Gasteiger partial charge in [-0.3, -0.25) is 9.59 Å². The zero-order valence-electron chi connectivity index (χ0n) is 12.2. The minimum absolute atomic E-state index is 0.0608. The minimum Gasteiger partial charge on any atom is -0.491 e. The van der Waals surface area contributed by atoms with E-state index in [1.165, 1.54) is 12.1 Å². The predicted molar refractivity (Wildman–Crippen MR) is 84.2 cm³/mol. The number of pyridine rings is 1. The SMILES string of the molecule is Cc1ccc(C(=O)C=Cc2cccc(OCCO)c2)c(=O)[nH]1. The number of aromatic nitrogens is 1. The molecule has 0 radical (unpaired) electrons. The zero-order chi connectivity index (χ0) is 15.9. The van der Waals surface area contributed by atoms with Gasteiger partial charge in [0.15, 0.2) is 5.78 Å². The minimum atomic E-state index is -0.394. The Labute approximate surface area is 127 Å². The maximum absolute atomic E-state index is 12.0. The van der Waals surface area contributed by atoms with Crippen LogP contribution in [0.3, 0.4) is 0 Å². The molecule has 0 spiro atoms. The Bertz CT molecular complexity index is 746. The van der Waals surface area contributed by atoms with Gasteiger partial charge in [0, 0.05) is 5.69 Å². The molecule has 0 saturated carbocycles. The first-order chi connectivity index (χ1) is 10.6. The molecule has 22 heavy (non-hydrogen) atoms. The van der Waals surface area contributed by atoms with Crippen LogP contribution in [0.2, 0.25) is 0 Å². The molecule has 0 aliphatic carbocycles. The van der Waals surface area contributed by atoms with E-state index in [1.54, 1.807) is 37.3 Å². The quantitative estimate of drug-likeness (QED) is 0.631. The third-order valence-electron chi connectivity index (χ3n) is 2.97. The molecule has 2 rings (SSSR count).